The highest BCUT2D eigenvalue weighted by Crippen LogP contribution is 2.23. The molecule has 96 valence electrons. The van der Waals surface area contributed by atoms with Crippen molar-refractivity contribution < 1.29 is 13.6 Å². The van der Waals surface area contributed by atoms with Crippen LogP contribution in [0.25, 0.3) is 0 Å². The Morgan fingerprint density at radius 3 is 2.61 bits per heavy atom. The van der Waals surface area contributed by atoms with E-state index in [1.807, 2.05) is 0 Å². The van der Waals surface area contributed by atoms with Crippen molar-refractivity contribution in [2.24, 2.45) is 5.92 Å². The lowest BCUT2D eigenvalue weighted by atomic mass is 10.0. The first-order valence-electron chi connectivity index (χ1n) is 5.54. The van der Waals surface area contributed by atoms with Crippen LogP contribution in [-0.4, -0.2) is 5.91 Å². The van der Waals surface area contributed by atoms with E-state index in [0.29, 0.717) is 5.56 Å². The number of alkyl halides is 2. The highest BCUT2D eigenvalue weighted by atomic mass is 19.3. The molecule has 1 aromatic rings. The summed E-state index contributed by atoms with van der Waals surface area (Å²) in [4.78, 5) is 11.3. The van der Waals surface area contributed by atoms with E-state index in [9.17, 15) is 13.6 Å². The lowest BCUT2D eigenvalue weighted by molar-refractivity contribution is -0.124. The van der Waals surface area contributed by atoms with Gasteiger partial charge in [-0.1, -0.05) is 26.0 Å². The van der Waals surface area contributed by atoms with Gasteiger partial charge in [0.15, 0.2) is 0 Å². The molecule has 0 unspecified atom stereocenters. The van der Waals surface area contributed by atoms with Gasteiger partial charge in [0.2, 0.25) is 5.91 Å². The molecule has 0 radical (unpaired) electrons. The van der Waals surface area contributed by atoms with Gasteiger partial charge >= 0.3 is 0 Å². The van der Waals surface area contributed by atoms with Crippen LogP contribution in [0.2, 0.25) is 0 Å². The fraction of sp³-hybridized carbons (Fsp3) is 0.385. The molecule has 0 saturated heterocycles. The Morgan fingerprint density at radius 2 is 2.11 bits per heavy atom. The number of hydrogen-bond donors (Lipinski definition) is 1. The minimum atomic E-state index is -2.67. The first kappa shape index (κ1) is 14.1. The maximum absolute atomic E-state index is 12.5. The van der Waals surface area contributed by atoms with E-state index < -0.39 is 6.43 Å². The van der Waals surface area contributed by atoms with Crippen molar-refractivity contribution in [2.75, 3.05) is 0 Å². The van der Waals surface area contributed by atoms with Crippen LogP contribution in [0, 0.1) is 17.2 Å². The molecule has 0 aliphatic rings. The second-order valence-corrected chi connectivity index (χ2v) is 4.21. The predicted octanol–water partition coefficient (Wildman–Crippen LogP) is 2.77. The summed E-state index contributed by atoms with van der Waals surface area (Å²) in [7, 11) is 0. The molecular formula is C13H14F2N2O. The Bertz CT molecular complexity index is 478. The van der Waals surface area contributed by atoms with Crippen LogP contribution in [0.3, 0.4) is 0 Å². The number of nitrogens with one attached hydrogen (secondary N) is 1. The Labute approximate surface area is 104 Å². The monoisotopic (exact) mass is 252 g/mol. The van der Waals surface area contributed by atoms with Gasteiger partial charge in [-0.25, -0.2) is 8.78 Å². The smallest absolute Gasteiger partial charge is 0.265 e. The average molecular weight is 252 g/mol. The summed E-state index contributed by atoms with van der Waals surface area (Å²) >= 11 is 0. The molecule has 1 N–H and O–H groups in total. The van der Waals surface area contributed by atoms with Gasteiger partial charge in [-0.2, -0.15) is 5.26 Å². The minimum absolute atomic E-state index is 0.0544. The summed E-state index contributed by atoms with van der Waals surface area (Å²) in [6.45, 7) is 3.75. The summed E-state index contributed by atoms with van der Waals surface area (Å²) in [5.41, 5.74) is 0.294. The number of carbonyl (C=O) groups excluding carboxylic acids is 1. The van der Waals surface area contributed by atoms with Crippen LogP contribution in [-0.2, 0) is 11.3 Å². The normalized spacial score (nSPS) is 10.5. The Kier molecular flexibility index (Phi) is 4.78. The summed E-state index contributed by atoms with van der Waals surface area (Å²) in [6.07, 6.45) is -2.67. The summed E-state index contributed by atoms with van der Waals surface area (Å²) in [6, 6.07) is 5.82. The van der Waals surface area contributed by atoms with Crippen LogP contribution < -0.4 is 5.32 Å². The van der Waals surface area contributed by atoms with Gasteiger partial charge in [0.1, 0.15) is 0 Å². The van der Waals surface area contributed by atoms with E-state index in [-0.39, 0.29) is 29.5 Å². The molecule has 0 atom stereocenters. The van der Waals surface area contributed by atoms with Gasteiger partial charge in [0, 0.05) is 18.0 Å². The second-order valence-electron chi connectivity index (χ2n) is 4.21. The van der Waals surface area contributed by atoms with E-state index >= 15 is 0 Å². The van der Waals surface area contributed by atoms with E-state index in [2.05, 4.69) is 5.32 Å². The van der Waals surface area contributed by atoms with Crippen molar-refractivity contribution >= 4 is 5.91 Å². The predicted molar refractivity (Wildman–Crippen MR) is 62.8 cm³/mol. The van der Waals surface area contributed by atoms with Crippen molar-refractivity contribution in [3.63, 3.8) is 0 Å². The maximum Gasteiger partial charge on any atom is 0.265 e. The molecule has 0 aromatic heterocycles. The number of amides is 1. The lowest BCUT2D eigenvalue weighted by Crippen LogP contribution is -2.27. The van der Waals surface area contributed by atoms with Gasteiger partial charge in [-0.3, -0.25) is 4.79 Å². The van der Waals surface area contributed by atoms with Crippen molar-refractivity contribution in [3.8, 4) is 6.07 Å². The van der Waals surface area contributed by atoms with Crippen molar-refractivity contribution in [1.82, 2.24) is 5.32 Å². The number of benzene rings is 1. The van der Waals surface area contributed by atoms with Crippen LogP contribution >= 0.6 is 0 Å². The number of nitriles is 1. The molecule has 3 nitrogen and oxygen atoms in total. The number of rotatable bonds is 4. The van der Waals surface area contributed by atoms with E-state index in [1.54, 1.807) is 19.9 Å². The molecular weight excluding hydrogens is 238 g/mol. The number of halogens is 2. The zero-order valence-corrected chi connectivity index (χ0v) is 10.2. The second kappa shape index (κ2) is 6.10. The van der Waals surface area contributed by atoms with Gasteiger partial charge < -0.3 is 5.32 Å². The highest BCUT2D eigenvalue weighted by Gasteiger charge is 2.13. The molecule has 0 heterocycles. The first-order chi connectivity index (χ1) is 8.45. The quantitative estimate of drug-likeness (QED) is 0.895. The fourth-order valence-electron chi connectivity index (χ4n) is 1.39. The molecule has 5 heteroatoms. The zero-order chi connectivity index (χ0) is 13.7. The Balaban J connectivity index is 2.81. The molecule has 18 heavy (non-hydrogen) atoms. The molecule has 0 saturated carbocycles. The maximum atomic E-state index is 12.5. The Morgan fingerprint density at radius 1 is 1.44 bits per heavy atom. The lowest BCUT2D eigenvalue weighted by Gasteiger charge is -2.09. The molecule has 1 aromatic carbocycles. The van der Waals surface area contributed by atoms with Gasteiger partial charge in [0.25, 0.3) is 6.43 Å². The Hall–Kier alpha value is -1.96. The van der Waals surface area contributed by atoms with Crippen LogP contribution in [0.15, 0.2) is 18.2 Å². The molecule has 0 bridgehead atoms. The van der Waals surface area contributed by atoms with Crippen molar-refractivity contribution in [1.29, 1.82) is 5.26 Å². The van der Waals surface area contributed by atoms with E-state index in [4.69, 9.17) is 5.26 Å². The van der Waals surface area contributed by atoms with Crippen LogP contribution in [0.1, 0.15) is 37.0 Å². The third-order valence-electron chi connectivity index (χ3n) is 2.46. The van der Waals surface area contributed by atoms with E-state index in [0.717, 1.165) is 0 Å². The number of hydrogen-bond acceptors (Lipinski definition) is 2. The fourth-order valence-corrected chi connectivity index (χ4v) is 1.39. The highest BCUT2D eigenvalue weighted by molar-refractivity contribution is 5.77. The first-order valence-corrected chi connectivity index (χ1v) is 5.54. The van der Waals surface area contributed by atoms with Crippen molar-refractivity contribution in [3.05, 3.63) is 34.9 Å². The zero-order valence-electron chi connectivity index (χ0n) is 10.2. The van der Waals surface area contributed by atoms with Gasteiger partial charge in [-0.05, 0) is 11.6 Å². The SMILES string of the molecule is CC(C)C(=O)NCc1ccc(C(F)F)c(C#N)c1. The molecule has 1 rings (SSSR count). The molecule has 0 spiro atoms. The minimum Gasteiger partial charge on any atom is -0.352 e. The van der Waals surface area contributed by atoms with Gasteiger partial charge in [0.05, 0.1) is 11.6 Å². The van der Waals surface area contributed by atoms with Crippen molar-refractivity contribution in [2.45, 2.75) is 26.8 Å². The van der Waals surface area contributed by atoms with Crippen LogP contribution in [0.4, 0.5) is 8.78 Å². The largest absolute Gasteiger partial charge is 0.352 e. The standard InChI is InChI=1S/C13H14F2N2O/c1-8(2)13(18)17-7-9-3-4-11(12(14)15)10(5-9)6-16/h3-5,8,12H,7H2,1-2H3,(H,17,18). The third-order valence-corrected chi connectivity index (χ3v) is 2.46. The van der Waals surface area contributed by atoms with Gasteiger partial charge in [-0.15, -0.1) is 0 Å². The summed E-state index contributed by atoms with van der Waals surface area (Å²) < 4.78 is 25.1. The number of nitrogens with zero attached hydrogens (tertiary/aromatic N) is 1. The number of carbonyl (C=O) groups is 1. The molecule has 0 aliphatic heterocycles. The summed E-state index contributed by atoms with van der Waals surface area (Å²) in [5, 5.41) is 11.4. The summed E-state index contributed by atoms with van der Waals surface area (Å²) in [5.74, 6) is -0.257. The topological polar surface area (TPSA) is 52.9 Å². The van der Waals surface area contributed by atoms with Crippen LogP contribution in [0.5, 0.6) is 0 Å². The molecule has 0 aliphatic carbocycles. The molecule has 1 amide bonds. The average Bonchev–Trinajstić information content (AvgIpc) is 2.34. The third kappa shape index (κ3) is 3.52. The van der Waals surface area contributed by atoms with E-state index in [1.165, 1.54) is 18.2 Å². The molecule has 0 fully saturated rings.